The molecule has 0 spiro atoms. The molecule has 1 saturated carbocycles. The van der Waals surface area contributed by atoms with E-state index >= 15 is 0 Å². The van der Waals surface area contributed by atoms with Crippen LogP contribution in [-0.2, 0) is 4.79 Å². The largest absolute Gasteiger partial charge is 0.360 e. The van der Waals surface area contributed by atoms with Gasteiger partial charge >= 0.3 is 0 Å². The Labute approximate surface area is 151 Å². The van der Waals surface area contributed by atoms with E-state index in [4.69, 9.17) is 9.05 Å². The molecule has 1 aliphatic heterocycles. The lowest BCUT2D eigenvalue weighted by Crippen LogP contribution is -2.49. The van der Waals surface area contributed by atoms with Crippen LogP contribution in [0.3, 0.4) is 0 Å². The minimum absolute atomic E-state index is 0.0780. The zero-order chi connectivity index (χ0) is 18.1. The second-order valence-corrected chi connectivity index (χ2v) is 7.12. The van der Waals surface area contributed by atoms with E-state index in [1.807, 2.05) is 0 Å². The standard InChI is InChI=1S/C17H24N6O3/c1-11-9-14(20-25-11)18-15(24)10-22-5-7-23(8-6-22)12(2)17-19-16(21-26-17)13-3-4-13/h9,12-13H,3-8,10H2,1-2H3,(H,18,20,24). The number of hydrogen-bond acceptors (Lipinski definition) is 8. The van der Waals surface area contributed by atoms with Gasteiger partial charge in [-0.05, 0) is 26.7 Å². The molecule has 0 radical (unpaired) electrons. The van der Waals surface area contributed by atoms with Crippen molar-refractivity contribution in [1.29, 1.82) is 0 Å². The number of carbonyl (C=O) groups is 1. The van der Waals surface area contributed by atoms with Crippen molar-refractivity contribution in [2.24, 2.45) is 0 Å². The van der Waals surface area contributed by atoms with Crippen molar-refractivity contribution in [3.63, 3.8) is 0 Å². The molecule has 9 heteroatoms. The number of anilines is 1. The highest BCUT2D eigenvalue weighted by molar-refractivity contribution is 5.91. The van der Waals surface area contributed by atoms with E-state index in [0.717, 1.165) is 32.0 Å². The number of piperazine rings is 1. The van der Waals surface area contributed by atoms with Crippen molar-refractivity contribution < 1.29 is 13.8 Å². The molecule has 1 atom stereocenters. The number of rotatable bonds is 6. The van der Waals surface area contributed by atoms with Gasteiger partial charge in [-0.1, -0.05) is 10.3 Å². The van der Waals surface area contributed by atoms with E-state index in [2.05, 4.69) is 37.3 Å². The van der Waals surface area contributed by atoms with Crippen LogP contribution in [0.4, 0.5) is 5.82 Å². The molecule has 0 aromatic carbocycles. The summed E-state index contributed by atoms with van der Waals surface area (Å²) in [7, 11) is 0. The molecule has 1 aliphatic carbocycles. The summed E-state index contributed by atoms with van der Waals surface area (Å²) in [6.45, 7) is 7.59. The van der Waals surface area contributed by atoms with Crippen molar-refractivity contribution in [3.8, 4) is 0 Å². The topological polar surface area (TPSA) is 101 Å². The van der Waals surface area contributed by atoms with Crippen molar-refractivity contribution in [2.45, 2.75) is 38.6 Å². The Hall–Kier alpha value is -2.26. The average molecular weight is 360 g/mol. The second-order valence-electron chi connectivity index (χ2n) is 7.12. The van der Waals surface area contributed by atoms with Gasteiger partial charge in [0.1, 0.15) is 5.76 Å². The minimum Gasteiger partial charge on any atom is -0.360 e. The number of nitrogens with zero attached hydrogens (tertiary/aromatic N) is 5. The summed E-state index contributed by atoms with van der Waals surface area (Å²) in [6, 6.07) is 1.81. The lowest BCUT2D eigenvalue weighted by Gasteiger charge is -2.36. The van der Waals surface area contributed by atoms with Crippen molar-refractivity contribution in [2.75, 3.05) is 38.0 Å². The maximum Gasteiger partial charge on any atom is 0.243 e. The molecule has 140 valence electrons. The van der Waals surface area contributed by atoms with Gasteiger partial charge in [0.15, 0.2) is 11.6 Å². The summed E-state index contributed by atoms with van der Waals surface area (Å²) in [6.07, 6.45) is 2.34. The highest BCUT2D eigenvalue weighted by atomic mass is 16.5. The van der Waals surface area contributed by atoms with Gasteiger partial charge < -0.3 is 14.4 Å². The highest BCUT2D eigenvalue weighted by Crippen LogP contribution is 2.38. The van der Waals surface area contributed by atoms with Crippen LogP contribution in [0.25, 0.3) is 0 Å². The summed E-state index contributed by atoms with van der Waals surface area (Å²) < 4.78 is 10.4. The van der Waals surface area contributed by atoms with Crippen LogP contribution < -0.4 is 5.32 Å². The molecule has 2 aliphatic rings. The summed E-state index contributed by atoms with van der Waals surface area (Å²) >= 11 is 0. The van der Waals surface area contributed by atoms with E-state index in [9.17, 15) is 4.79 Å². The summed E-state index contributed by atoms with van der Waals surface area (Å²) in [5.41, 5.74) is 0. The van der Waals surface area contributed by atoms with Gasteiger partial charge in [-0.2, -0.15) is 4.98 Å². The summed E-state index contributed by atoms with van der Waals surface area (Å²) in [5.74, 6) is 3.11. The van der Waals surface area contributed by atoms with Crippen LogP contribution in [0.2, 0.25) is 0 Å². The van der Waals surface area contributed by atoms with Gasteiger partial charge in [-0.15, -0.1) is 0 Å². The van der Waals surface area contributed by atoms with Gasteiger partial charge in [-0.25, -0.2) is 0 Å². The quantitative estimate of drug-likeness (QED) is 0.828. The Morgan fingerprint density at radius 3 is 2.69 bits per heavy atom. The maximum atomic E-state index is 12.1. The fourth-order valence-corrected chi connectivity index (χ4v) is 3.20. The predicted octanol–water partition coefficient (Wildman–Crippen LogP) is 1.56. The molecule has 26 heavy (non-hydrogen) atoms. The van der Waals surface area contributed by atoms with E-state index in [0.29, 0.717) is 29.9 Å². The molecular formula is C17H24N6O3. The molecule has 1 amide bonds. The van der Waals surface area contributed by atoms with E-state index in [1.54, 1.807) is 13.0 Å². The van der Waals surface area contributed by atoms with E-state index in [-0.39, 0.29) is 11.9 Å². The molecule has 2 aromatic rings. The first-order valence-corrected chi connectivity index (χ1v) is 9.11. The molecule has 0 bridgehead atoms. The van der Waals surface area contributed by atoms with Crippen LogP contribution in [-0.4, -0.2) is 63.7 Å². The first kappa shape index (κ1) is 17.2. The fraction of sp³-hybridized carbons (Fsp3) is 0.647. The molecule has 1 N–H and O–H groups in total. The third-order valence-electron chi connectivity index (χ3n) is 4.97. The number of carbonyl (C=O) groups excluding carboxylic acids is 1. The molecule has 1 unspecified atom stereocenters. The molecule has 2 fully saturated rings. The number of aromatic nitrogens is 3. The van der Waals surface area contributed by atoms with E-state index in [1.165, 1.54) is 12.8 Å². The Bertz CT molecular complexity index is 760. The Morgan fingerprint density at radius 2 is 2.04 bits per heavy atom. The van der Waals surface area contributed by atoms with Gasteiger partial charge in [0.2, 0.25) is 11.8 Å². The summed E-state index contributed by atoms with van der Waals surface area (Å²) in [5, 5.41) is 10.6. The van der Waals surface area contributed by atoms with Crippen LogP contribution in [0.1, 0.15) is 49.2 Å². The lowest BCUT2D eigenvalue weighted by molar-refractivity contribution is -0.117. The normalized spacial score (nSPS) is 20.2. The smallest absolute Gasteiger partial charge is 0.243 e. The monoisotopic (exact) mass is 360 g/mol. The molecular weight excluding hydrogens is 336 g/mol. The predicted molar refractivity (Wildman–Crippen MR) is 92.6 cm³/mol. The second kappa shape index (κ2) is 7.16. The van der Waals surface area contributed by atoms with Crippen molar-refractivity contribution >= 4 is 11.7 Å². The van der Waals surface area contributed by atoms with Crippen LogP contribution in [0.5, 0.6) is 0 Å². The van der Waals surface area contributed by atoms with Gasteiger partial charge in [0, 0.05) is 38.2 Å². The average Bonchev–Trinajstić information content (AvgIpc) is 3.22. The Kier molecular flexibility index (Phi) is 4.73. The molecule has 2 aromatic heterocycles. The fourth-order valence-electron chi connectivity index (χ4n) is 3.20. The first-order chi connectivity index (χ1) is 12.6. The van der Waals surface area contributed by atoms with Crippen molar-refractivity contribution in [3.05, 3.63) is 23.5 Å². The third-order valence-corrected chi connectivity index (χ3v) is 4.97. The Morgan fingerprint density at radius 1 is 1.27 bits per heavy atom. The summed E-state index contributed by atoms with van der Waals surface area (Å²) in [4.78, 5) is 21.1. The van der Waals surface area contributed by atoms with Gasteiger partial charge in [-0.3, -0.25) is 14.6 Å². The van der Waals surface area contributed by atoms with Gasteiger partial charge in [0.05, 0.1) is 12.6 Å². The van der Waals surface area contributed by atoms with Crippen LogP contribution >= 0.6 is 0 Å². The highest BCUT2D eigenvalue weighted by Gasteiger charge is 2.31. The molecule has 1 saturated heterocycles. The number of nitrogens with one attached hydrogen (secondary N) is 1. The Balaban J connectivity index is 1.24. The molecule has 3 heterocycles. The maximum absolute atomic E-state index is 12.1. The minimum atomic E-state index is -0.0780. The SMILES string of the molecule is Cc1cc(NC(=O)CN2CCN(C(C)c3nc(C4CC4)no3)CC2)no1. The van der Waals surface area contributed by atoms with Gasteiger partial charge in [0.25, 0.3) is 0 Å². The lowest BCUT2D eigenvalue weighted by atomic mass is 10.2. The number of hydrogen-bond donors (Lipinski definition) is 1. The van der Waals surface area contributed by atoms with Crippen molar-refractivity contribution in [1.82, 2.24) is 25.1 Å². The van der Waals surface area contributed by atoms with E-state index < -0.39 is 0 Å². The number of amides is 1. The zero-order valence-corrected chi connectivity index (χ0v) is 15.1. The first-order valence-electron chi connectivity index (χ1n) is 9.11. The van der Waals surface area contributed by atoms with Crippen LogP contribution in [0, 0.1) is 6.92 Å². The zero-order valence-electron chi connectivity index (χ0n) is 15.1. The number of aryl methyl sites for hydroxylation is 1. The van der Waals surface area contributed by atoms with Crippen LogP contribution in [0.15, 0.2) is 15.1 Å². The molecule has 9 nitrogen and oxygen atoms in total. The molecule has 4 rings (SSSR count). The third kappa shape index (κ3) is 3.94.